The van der Waals surface area contributed by atoms with Crippen molar-refractivity contribution in [1.29, 1.82) is 0 Å². The summed E-state index contributed by atoms with van der Waals surface area (Å²) in [6.07, 6.45) is 6.81. The number of aromatic nitrogens is 2. The minimum Gasteiger partial charge on any atom is -0.352 e. The summed E-state index contributed by atoms with van der Waals surface area (Å²) in [6, 6.07) is 9.50. The van der Waals surface area contributed by atoms with Crippen LogP contribution in [0.2, 0.25) is 0 Å². The summed E-state index contributed by atoms with van der Waals surface area (Å²) >= 11 is 0. The largest absolute Gasteiger partial charge is 0.352 e. The number of nitrogens with zero attached hydrogens (tertiary/aromatic N) is 2. The third-order valence-electron chi connectivity index (χ3n) is 5.54. The Morgan fingerprint density at radius 2 is 2.00 bits per heavy atom. The van der Waals surface area contributed by atoms with Crippen molar-refractivity contribution in [2.45, 2.75) is 44.7 Å². The van der Waals surface area contributed by atoms with E-state index in [1.54, 1.807) is 35.0 Å². The maximum atomic E-state index is 12.4. The molecule has 0 aliphatic carbocycles. The van der Waals surface area contributed by atoms with Crippen molar-refractivity contribution in [3.05, 3.63) is 52.6 Å². The van der Waals surface area contributed by atoms with Crippen LogP contribution < -0.4 is 32.7 Å². The number of nitrogens with two attached hydrogens (primary N) is 1. The van der Waals surface area contributed by atoms with E-state index in [4.69, 9.17) is 5.73 Å². The monoisotopic (exact) mass is 441 g/mol. The number of amides is 1. The summed E-state index contributed by atoms with van der Waals surface area (Å²) in [5.41, 5.74) is 6.41. The van der Waals surface area contributed by atoms with Crippen LogP contribution in [0.4, 0.5) is 11.5 Å². The number of hydrogen-bond donors (Lipinski definition) is 5. The number of hydrogen-bond acceptors (Lipinski definition) is 7. The molecule has 9 heteroatoms. The fraction of sp³-hybridized carbons (Fsp3) is 0.522. The summed E-state index contributed by atoms with van der Waals surface area (Å²) in [4.78, 5) is 28.7. The highest BCUT2D eigenvalue weighted by Crippen LogP contribution is 2.15. The molecule has 1 aromatic carbocycles. The first-order valence-electron chi connectivity index (χ1n) is 11.5. The molecule has 2 heterocycles. The molecule has 0 saturated carbocycles. The van der Waals surface area contributed by atoms with E-state index in [2.05, 4.69) is 26.3 Å². The number of unbranched alkanes of at least 4 members (excludes halogenated alkanes) is 1. The zero-order chi connectivity index (χ0) is 22.6. The molecular formula is C23H35N7O2. The van der Waals surface area contributed by atoms with Crippen molar-refractivity contribution in [2.24, 2.45) is 5.73 Å². The van der Waals surface area contributed by atoms with Gasteiger partial charge in [0.05, 0.1) is 0 Å². The lowest BCUT2D eigenvalue weighted by Gasteiger charge is -2.23. The molecule has 174 valence electrons. The van der Waals surface area contributed by atoms with Gasteiger partial charge in [0.15, 0.2) is 0 Å². The van der Waals surface area contributed by atoms with Gasteiger partial charge in [-0.3, -0.25) is 9.36 Å². The van der Waals surface area contributed by atoms with E-state index >= 15 is 0 Å². The van der Waals surface area contributed by atoms with Crippen LogP contribution in [0.25, 0.3) is 0 Å². The van der Waals surface area contributed by atoms with Crippen molar-refractivity contribution in [1.82, 2.24) is 25.5 Å². The molecule has 0 bridgehead atoms. The molecule has 1 fully saturated rings. The summed E-state index contributed by atoms with van der Waals surface area (Å²) in [6.45, 7) is 4.88. The second-order valence-electron chi connectivity index (χ2n) is 8.08. The Balaban J connectivity index is 1.46. The maximum absolute atomic E-state index is 12.4. The van der Waals surface area contributed by atoms with E-state index in [0.29, 0.717) is 42.7 Å². The summed E-state index contributed by atoms with van der Waals surface area (Å²) < 4.78 is 1.64. The highest BCUT2D eigenvalue weighted by atomic mass is 16.2. The molecular weight excluding hydrogens is 406 g/mol. The maximum Gasteiger partial charge on any atom is 0.349 e. The zero-order valence-electron chi connectivity index (χ0n) is 18.6. The highest BCUT2D eigenvalue weighted by Gasteiger charge is 2.11. The van der Waals surface area contributed by atoms with Crippen molar-refractivity contribution in [3.63, 3.8) is 0 Å². The molecule has 0 radical (unpaired) electrons. The van der Waals surface area contributed by atoms with Crippen LogP contribution in [-0.2, 0) is 6.54 Å². The number of nitrogens with one attached hydrogen (secondary N) is 4. The van der Waals surface area contributed by atoms with Crippen molar-refractivity contribution in [2.75, 3.05) is 38.0 Å². The van der Waals surface area contributed by atoms with Gasteiger partial charge in [-0.1, -0.05) is 6.07 Å². The minimum absolute atomic E-state index is 0.153. The molecule has 0 unspecified atom stereocenters. The minimum atomic E-state index is -0.281. The second kappa shape index (κ2) is 12.9. The van der Waals surface area contributed by atoms with Gasteiger partial charge in [0.2, 0.25) is 0 Å². The van der Waals surface area contributed by atoms with Gasteiger partial charge in [0, 0.05) is 36.6 Å². The van der Waals surface area contributed by atoms with Crippen LogP contribution in [-0.4, -0.2) is 54.2 Å². The number of benzene rings is 1. The molecule has 1 aliphatic heterocycles. The van der Waals surface area contributed by atoms with E-state index in [1.807, 2.05) is 6.07 Å². The van der Waals surface area contributed by atoms with Crippen LogP contribution in [0, 0.1) is 0 Å². The number of aryl methyl sites for hydroxylation is 1. The van der Waals surface area contributed by atoms with Gasteiger partial charge in [0.25, 0.3) is 5.91 Å². The van der Waals surface area contributed by atoms with Gasteiger partial charge in [0.1, 0.15) is 5.82 Å². The zero-order valence-corrected chi connectivity index (χ0v) is 18.6. The molecule has 1 aromatic heterocycles. The smallest absolute Gasteiger partial charge is 0.349 e. The third kappa shape index (κ3) is 7.74. The lowest BCUT2D eigenvalue weighted by molar-refractivity contribution is 0.0953. The fourth-order valence-electron chi connectivity index (χ4n) is 3.70. The quantitative estimate of drug-likeness (QED) is 0.313. The molecule has 1 saturated heterocycles. The van der Waals surface area contributed by atoms with Crippen molar-refractivity contribution >= 4 is 17.4 Å². The first-order valence-corrected chi connectivity index (χ1v) is 11.5. The van der Waals surface area contributed by atoms with Crippen molar-refractivity contribution in [3.8, 4) is 0 Å². The second-order valence-corrected chi connectivity index (χ2v) is 8.08. The third-order valence-corrected chi connectivity index (χ3v) is 5.54. The summed E-state index contributed by atoms with van der Waals surface area (Å²) in [7, 11) is 0. The summed E-state index contributed by atoms with van der Waals surface area (Å²) in [5, 5.41) is 12.9. The SMILES string of the molecule is NCCCNC(=O)c1cccc(Nc2ccn(CCCCNC3CCNCC3)c(=O)n2)c1. The molecule has 1 aliphatic rings. The van der Waals surface area contributed by atoms with Crippen molar-refractivity contribution < 1.29 is 4.79 Å². The Kier molecular flexibility index (Phi) is 9.67. The van der Waals surface area contributed by atoms with E-state index in [0.717, 1.165) is 38.9 Å². The van der Waals surface area contributed by atoms with Crippen LogP contribution in [0.1, 0.15) is 42.5 Å². The topological polar surface area (TPSA) is 126 Å². The molecule has 32 heavy (non-hydrogen) atoms. The Hall–Kier alpha value is -2.75. The Morgan fingerprint density at radius 3 is 2.78 bits per heavy atom. The first-order chi connectivity index (χ1) is 15.7. The van der Waals surface area contributed by atoms with Crippen LogP contribution in [0.15, 0.2) is 41.3 Å². The molecule has 9 nitrogen and oxygen atoms in total. The van der Waals surface area contributed by atoms with Crippen LogP contribution in [0.3, 0.4) is 0 Å². The molecule has 3 rings (SSSR count). The van der Waals surface area contributed by atoms with E-state index in [9.17, 15) is 9.59 Å². The van der Waals surface area contributed by atoms with Crippen LogP contribution >= 0.6 is 0 Å². The Labute approximate surface area is 189 Å². The molecule has 2 aromatic rings. The highest BCUT2D eigenvalue weighted by molar-refractivity contribution is 5.95. The normalized spacial score (nSPS) is 14.3. The lowest BCUT2D eigenvalue weighted by atomic mass is 10.1. The Morgan fingerprint density at radius 1 is 1.16 bits per heavy atom. The number of carbonyl (C=O) groups excluding carboxylic acids is 1. The number of anilines is 2. The molecule has 6 N–H and O–H groups in total. The fourth-order valence-corrected chi connectivity index (χ4v) is 3.70. The van der Waals surface area contributed by atoms with E-state index in [1.165, 1.54) is 12.8 Å². The van der Waals surface area contributed by atoms with E-state index < -0.39 is 0 Å². The van der Waals surface area contributed by atoms with Gasteiger partial charge in [-0.2, -0.15) is 4.98 Å². The van der Waals surface area contributed by atoms with Gasteiger partial charge in [-0.15, -0.1) is 0 Å². The number of carbonyl (C=O) groups is 1. The standard InChI is InChI=1S/C23H35N7O2/c24-10-4-12-27-22(31)18-5-3-6-20(17-18)28-21-9-16-30(23(32)29-21)15-2-1-11-26-19-7-13-25-14-8-19/h3,5-6,9,16-17,19,25-26H,1-2,4,7-8,10-15,24H2,(H,27,31)(H,28,29,32). The molecule has 0 atom stereocenters. The van der Waals surface area contributed by atoms with Gasteiger partial charge >= 0.3 is 5.69 Å². The van der Waals surface area contributed by atoms with Gasteiger partial charge in [-0.05, 0) is 82.5 Å². The lowest BCUT2D eigenvalue weighted by Crippen LogP contribution is -2.40. The van der Waals surface area contributed by atoms with Gasteiger partial charge < -0.3 is 27.0 Å². The predicted molar refractivity (Wildman–Crippen MR) is 127 cm³/mol. The van der Waals surface area contributed by atoms with Gasteiger partial charge in [-0.25, -0.2) is 4.79 Å². The van der Waals surface area contributed by atoms with Crippen LogP contribution in [0.5, 0.6) is 0 Å². The number of rotatable bonds is 12. The average Bonchev–Trinajstić information content (AvgIpc) is 2.81. The average molecular weight is 442 g/mol. The predicted octanol–water partition coefficient (Wildman–Crippen LogP) is 1.19. The number of piperidine rings is 1. The molecule has 1 amide bonds. The van der Waals surface area contributed by atoms with E-state index in [-0.39, 0.29) is 11.6 Å². The summed E-state index contributed by atoms with van der Waals surface area (Å²) in [5.74, 6) is 0.305. The Bertz CT molecular complexity index is 909. The first kappa shape index (κ1) is 23.9. The molecule has 0 spiro atoms.